The zero-order valence-electron chi connectivity index (χ0n) is 16.3. The van der Waals surface area contributed by atoms with Gasteiger partial charge in [-0.25, -0.2) is 5.48 Å². The van der Waals surface area contributed by atoms with Gasteiger partial charge in [-0.2, -0.15) is 5.06 Å². The molecule has 0 aliphatic heterocycles. The highest BCUT2D eigenvalue weighted by Gasteiger charge is 2.37. The van der Waals surface area contributed by atoms with E-state index in [1.807, 2.05) is 35.8 Å². The average Bonchev–Trinajstić information content (AvgIpc) is 2.56. The molecule has 8 nitrogen and oxygen atoms in total. The van der Waals surface area contributed by atoms with Gasteiger partial charge in [-0.1, -0.05) is 30.3 Å². The number of rotatable bonds is 8. The molecule has 1 rings (SSSR count). The number of hydrogen-bond acceptors (Lipinski definition) is 6. The third kappa shape index (κ3) is 7.43. The molecule has 1 aromatic carbocycles. The van der Waals surface area contributed by atoms with Crippen LogP contribution in [0.15, 0.2) is 30.3 Å². The van der Waals surface area contributed by atoms with E-state index in [1.54, 1.807) is 20.8 Å². The molecule has 0 saturated carbocycles. The Labute approximate surface area is 166 Å². The maximum Gasteiger partial charge on any atom is 0.274 e. The van der Waals surface area contributed by atoms with Crippen LogP contribution in [0, 0.1) is 0 Å². The number of halogens is 1. The molecule has 2 amide bonds. The van der Waals surface area contributed by atoms with Gasteiger partial charge in [-0.05, 0) is 46.6 Å². The lowest BCUT2D eigenvalue weighted by molar-refractivity contribution is -0.212. The van der Waals surface area contributed by atoms with Crippen molar-refractivity contribution in [2.45, 2.75) is 64.3 Å². The van der Waals surface area contributed by atoms with Crippen LogP contribution >= 0.6 is 12.4 Å². The molecule has 0 aromatic heterocycles. The van der Waals surface area contributed by atoms with Gasteiger partial charge < -0.3 is 16.0 Å². The van der Waals surface area contributed by atoms with E-state index in [1.165, 1.54) is 13.8 Å². The van der Waals surface area contributed by atoms with E-state index in [2.05, 4.69) is 0 Å². The minimum Gasteiger partial charge on any atom is -0.381 e. The van der Waals surface area contributed by atoms with Gasteiger partial charge >= 0.3 is 0 Å². The van der Waals surface area contributed by atoms with Crippen molar-refractivity contribution in [2.24, 2.45) is 5.73 Å². The summed E-state index contributed by atoms with van der Waals surface area (Å²) in [5.74, 6) is -1.66. The summed E-state index contributed by atoms with van der Waals surface area (Å²) in [6, 6.07) is 8.24. The zero-order chi connectivity index (χ0) is 20.1. The molecule has 0 fully saturated rings. The van der Waals surface area contributed by atoms with E-state index in [-0.39, 0.29) is 18.8 Å². The van der Waals surface area contributed by atoms with Gasteiger partial charge in [-0.3, -0.25) is 14.4 Å². The number of nitrogens with one attached hydrogen (secondary N) is 1. The number of hydrogen-bond donors (Lipinski definition) is 4. The molecule has 0 heterocycles. The second-order valence-electron chi connectivity index (χ2n) is 7.66. The van der Waals surface area contributed by atoms with Crippen LogP contribution in [-0.4, -0.2) is 50.5 Å². The average molecular weight is 404 g/mol. The molecule has 0 radical (unpaired) electrons. The lowest BCUT2D eigenvalue weighted by Crippen LogP contribution is -2.57. The van der Waals surface area contributed by atoms with Crippen molar-refractivity contribution in [3.63, 3.8) is 0 Å². The fraction of sp³-hybridized carbons (Fsp3) is 0.556. The van der Waals surface area contributed by atoms with Crippen molar-refractivity contribution in [2.75, 3.05) is 0 Å². The number of benzene rings is 1. The molecule has 0 aliphatic rings. The number of primary amides is 1. The smallest absolute Gasteiger partial charge is 0.274 e. The van der Waals surface area contributed by atoms with Gasteiger partial charge in [0.05, 0.1) is 6.04 Å². The summed E-state index contributed by atoms with van der Waals surface area (Å²) in [6.07, 6.45) is -1.38. The minimum absolute atomic E-state index is 0. The van der Waals surface area contributed by atoms with E-state index in [0.717, 1.165) is 10.6 Å². The van der Waals surface area contributed by atoms with Crippen LogP contribution in [0.1, 0.15) is 40.2 Å². The van der Waals surface area contributed by atoms with Crippen LogP contribution in [0.2, 0.25) is 0 Å². The number of amides is 2. The van der Waals surface area contributed by atoms with E-state index in [4.69, 9.17) is 10.6 Å². The number of nitrogens with two attached hydrogens (primary N) is 1. The zero-order valence-corrected chi connectivity index (χ0v) is 17.1. The lowest BCUT2D eigenvalue weighted by atomic mass is 9.96. The van der Waals surface area contributed by atoms with Gasteiger partial charge in [0.2, 0.25) is 0 Å². The summed E-state index contributed by atoms with van der Waals surface area (Å²) in [6.45, 7) is 8.03. The first-order valence-electron chi connectivity index (χ1n) is 8.34. The van der Waals surface area contributed by atoms with Gasteiger partial charge in [0, 0.05) is 5.54 Å². The number of aliphatic hydroxyl groups is 1. The highest BCUT2D eigenvalue weighted by atomic mass is 35.5. The van der Waals surface area contributed by atoms with Crippen LogP contribution < -0.4 is 11.2 Å². The predicted molar refractivity (Wildman–Crippen MR) is 103 cm³/mol. The molecular formula is C18H30ClN3O5. The third-order valence-electron chi connectivity index (χ3n) is 3.92. The maximum atomic E-state index is 12.3. The quantitative estimate of drug-likeness (QED) is 0.483. The van der Waals surface area contributed by atoms with Crippen molar-refractivity contribution >= 4 is 24.2 Å². The van der Waals surface area contributed by atoms with E-state index < -0.39 is 35.1 Å². The summed E-state index contributed by atoms with van der Waals surface area (Å²) in [7, 11) is 0. The molecule has 0 unspecified atom stereocenters. The Morgan fingerprint density at radius 1 is 1.19 bits per heavy atom. The summed E-state index contributed by atoms with van der Waals surface area (Å²) in [5, 5.41) is 22.0. The lowest BCUT2D eigenvalue weighted by Gasteiger charge is -2.38. The molecule has 0 bridgehead atoms. The molecule has 5 N–H and O–H groups in total. The predicted octanol–water partition coefficient (Wildman–Crippen LogP) is 1.18. The van der Waals surface area contributed by atoms with Crippen LogP contribution in [0.4, 0.5) is 0 Å². The normalized spacial score (nSPS) is 14.2. The largest absolute Gasteiger partial charge is 0.381 e. The Bertz CT molecular complexity index is 619. The second kappa shape index (κ2) is 10.0. The fourth-order valence-electron chi connectivity index (χ4n) is 2.15. The Kier molecular flexibility index (Phi) is 9.37. The minimum atomic E-state index is -1.61. The van der Waals surface area contributed by atoms with Gasteiger partial charge in [0.15, 0.2) is 11.7 Å². The topological polar surface area (TPSA) is 125 Å². The van der Waals surface area contributed by atoms with Crippen molar-refractivity contribution in [1.29, 1.82) is 0 Å². The number of carbonyl (C=O) groups excluding carboxylic acids is 2. The van der Waals surface area contributed by atoms with Crippen molar-refractivity contribution in [1.82, 2.24) is 10.5 Å². The van der Waals surface area contributed by atoms with E-state index in [9.17, 15) is 19.9 Å². The molecule has 0 spiro atoms. The summed E-state index contributed by atoms with van der Waals surface area (Å²) in [5.41, 5.74) is 5.91. The third-order valence-corrected chi connectivity index (χ3v) is 3.92. The van der Waals surface area contributed by atoms with Crippen molar-refractivity contribution in [3.05, 3.63) is 35.9 Å². The second-order valence-corrected chi connectivity index (χ2v) is 7.66. The summed E-state index contributed by atoms with van der Waals surface area (Å²) in [4.78, 5) is 28.6. The highest BCUT2D eigenvalue weighted by molar-refractivity contribution is 5.85. The first-order valence-corrected chi connectivity index (χ1v) is 8.34. The Morgan fingerprint density at radius 3 is 2.15 bits per heavy atom. The van der Waals surface area contributed by atoms with Gasteiger partial charge in [0.1, 0.15) is 0 Å². The standard InChI is InChI=1S/C18H29N3O5.ClH/c1-17(2,3)21(25)13(11-12-9-7-6-8-10-12)14(22)15(23)20-26-18(4,5)16(19)24;/h6-10,13-14,22,25H,11H2,1-5H3,(H2,19,24)(H,20,23);1H/t13-,14+;/m0./s1. The van der Waals surface area contributed by atoms with Gasteiger partial charge in [0.25, 0.3) is 11.8 Å². The monoisotopic (exact) mass is 403 g/mol. The molecule has 9 heteroatoms. The molecule has 1 aromatic rings. The van der Waals surface area contributed by atoms with E-state index in [0.29, 0.717) is 0 Å². The van der Waals surface area contributed by atoms with E-state index >= 15 is 0 Å². The van der Waals surface area contributed by atoms with Crippen LogP contribution in [0.3, 0.4) is 0 Å². The molecule has 0 saturated heterocycles. The highest BCUT2D eigenvalue weighted by Crippen LogP contribution is 2.20. The van der Waals surface area contributed by atoms with Crippen LogP contribution in [0.25, 0.3) is 0 Å². The Hall–Kier alpha value is -1.71. The molecule has 27 heavy (non-hydrogen) atoms. The van der Waals surface area contributed by atoms with Crippen LogP contribution in [0.5, 0.6) is 0 Å². The first kappa shape index (κ1) is 25.3. The number of hydroxylamine groups is 3. The van der Waals surface area contributed by atoms with Crippen molar-refractivity contribution < 1.29 is 24.7 Å². The molecular weight excluding hydrogens is 374 g/mol. The van der Waals surface area contributed by atoms with Crippen molar-refractivity contribution in [3.8, 4) is 0 Å². The number of carbonyl (C=O) groups is 2. The molecule has 2 atom stereocenters. The summed E-state index contributed by atoms with van der Waals surface area (Å²) >= 11 is 0. The summed E-state index contributed by atoms with van der Waals surface area (Å²) < 4.78 is 0. The van der Waals surface area contributed by atoms with Gasteiger partial charge in [-0.15, -0.1) is 12.4 Å². The number of aliphatic hydroxyl groups excluding tert-OH is 1. The fourth-order valence-corrected chi connectivity index (χ4v) is 2.15. The molecule has 154 valence electrons. The number of nitrogens with zero attached hydrogens (tertiary/aromatic N) is 1. The Morgan fingerprint density at radius 2 is 1.70 bits per heavy atom. The maximum absolute atomic E-state index is 12.3. The molecule has 0 aliphatic carbocycles. The van der Waals surface area contributed by atoms with Crippen LogP contribution in [-0.2, 0) is 20.8 Å². The Balaban J connectivity index is 0.00000676. The first-order chi connectivity index (χ1) is 11.9. The SMILES string of the molecule is CC(C)(ONC(=O)[C@H](O)[C@H](Cc1ccccc1)N(O)C(C)(C)C)C(N)=O.Cl.